The van der Waals surface area contributed by atoms with Crippen LogP contribution in [0, 0.1) is 6.92 Å². The molecule has 5 nitrogen and oxygen atoms in total. The predicted octanol–water partition coefficient (Wildman–Crippen LogP) is 0.540. The van der Waals surface area contributed by atoms with Gasteiger partial charge in [0.1, 0.15) is 12.4 Å². The minimum absolute atomic E-state index is 0.0444. The van der Waals surface area contributed by atoms with Gasteiger partial charge in [-0.25, -0.2) is 4.98 Å². The lowest BCUT2D eigenvalue weighted by Gasteiger charge is -2.06. The summed E-state index contributed by atoms with van der Waals surface area (Å²) in [6.45, 7) is 4.72. The van der Waals surface area contributed by atoms with Crippen molar-refractivity contribution >= 4 is 0 Å². The van der Waals surface area contributed by atoms with Crippen LogP contribution in [0.1, 0.15) is 30.4 Å². The average molecular weight is 226 g/mol. The first-order valence-corrected chi connectivity index (χ1v) is 5.46. The fraction of sp³-hybridized carbons (Fsp3) is 0.636. The van der Waals surface area contributed by atoms with E-state index in [1.54, 1.807) is 6.92 Å². The lowest BCUT2D eigenvalue weighted by atomic mass is 10.2. The van der Waals surface area contributed by atoms with Crippen LogP contribution in [0.5, 0.6) is 0 Å². The summed E-state index contributed by atoms with van der Waals surface area (Å²) in [6.07, 6.45) is 1.27. The molecular formula is C11H18N2O3. The van der Waals surface area contributed by atoms with Crippen LogP contribution >= 0.6 is 0 Å². The van der Waals surface area contributed by atoms with Gasteiger partial charge in [-0.05, 0) is 13.3 Å². The molecule has 1 aromatic heterocycles. The van der Waals surface area contributed by atoms with E-state index < -0.39 is 0 Å². The Labute approximate surface area is 94.5 Å². The summed E-state index contributed by atoms with van der Waals surface area (Å²) in [5.74, 6) is 0.539. The fourth-order valence-corrected chi connectivity index (χ4v) is 1.46. The maximum Gasteiger partial charge on any atom is 0.254 e. The first-order chi connectivity index (χ1) is 7.69. The molecule has 0 aromatic carbocycles. The molecule has 1 heterocycles. The van der Waals surface area contributed by atoms with Gasteiger partial charge in [-0.15, -0.1) is 0 Å². The van der Waals surface area contributed by atoms with Crippen molar-refractivity contribution in [1.82, 2.24) is 9.97 Å². The highest BCUT2D eigenvalue weighted by molar-refractivity contribution is 5.16. The molecule has 1 aromatic rings. The molecule has 2 N–H and O–H groups in total. The molecule has 16 heavy (non-hydrogen) atoms. The second-order valence-electron chi connectivity index (χ2n) is 3.60. The number of aromatic nitrogens is 2. The van der Waals surface area contributed by atoms with Crippen LogP contribution in [-0.2, 0) is 17.8 Å². The van der Waals surface area contributed by atoms with Crippen molar-refractivity contribution in [2.24, 2.45) is 0 Å². The molecule has 0 amide bonds. The van der Waals surface area contributed by atoms with Crippen molar-refractivity contribution in [1.29, 1.82) is 0 Å². The molecule has 0 spiro atoms. The number of ether oxygens (including phenoxy) is 1. The number of rotatable bonds is 6. The third-order valence-electron chi connectivity index (χ3n) is 2.22. The maximum atomic E-state index is 11.6. The van der Waals surface area contributed by atoms with Crippen LogP contribution in [0.25, 0.3) is 0 Å². The molecule has 5 heteroatoms. The number of hydrogen-bond acceptors (Lipinski definition) is 4. The minimum Gasteiger partial charge on any atom is -0.396 e. The van der Waals surface area contributed by atoms with E-state index in [2.05, 4.69) is 9.97 Å². The van der Waals surface area contributed by atoms with Gasteiger partial charge in [-0.3, -0.25) is 4.79 Å². The Kier molecular flexibility index (Phi) is 5.14. The van der Waals surface area contributed by atoms with E-state index in [1.165, 1.54) is 0 Å². The maximum absolute atomic E-state index is 11.6. The quantitative estimate of drug-likeness (QED) is 0.694. The zero-order valence-corrected chi connectivity index (χ0v) is 9.75. The molecule has 0 fully saturated rings. The fourth-order valence-electron chi connectivity index (χ4n) is 1.46. The predicted molar refractivity (Wildman–Crippen MR) is 60.3 cm³/mol. The molecule has 0 bridgehead atoms. The van der Waals surface area contributed by atoms with Gasteiger partial charge in [-0.1, -0.05) is 6.92 Å². The zero-order valence-electron chi connectivity index (χ0n) is 9.75. The van der Waals surface area contributed by atoms with E-state index in [1.807, 2.05) is 6.92 Å². The van der Waals surface area contributed by atoms with Gasteiger partial charge in [-0.2, -0.15) is 0 Å². The van der Waals surface area contributed by atoms with Gasteiger partial charge in [0.15, 0.2) is 0 Å². The van der Waals surface area contributed by atoms with Crippen molar-refractivity contribution in [3.63, 3.8) is 0 Å². The Morgan fingerprint density at radius 3 is 2.81 bits per heavy atom. The van der Waals surface area contributed by atoms with Gasteiger partial charge in [0.05, 0.1) is 0 Å². The average Bonchev–Trinajstić information content (AvgIpc) is 2.24. The number of aryl methyl sites for hydroxylation is 1. The van der Waals surface area contributed by atoms with E-state index in [0.717, 1.165) is 6.42 Å². The van der Waals surface area contributed by atoms with Crippen molar-refractivity contribution in [2.45, 2.75) is 33.3 Å². The van der Waals surface area contributed by atoms with Gasteiger partial charge in [0.25, 0.3) is 5.56 Å². The second-order valence-corrected chi connectivity index (χ2v) is 3.60. The molecule has 0 unspecified atom stereocenters. The second kappa shape index (κ2) is 6.40. The summed E-state index contributed by atoms with van der Waals surface area (Å²) < 4.78 is 5.30. The Bertz CT molecular complexity index is 387. The molecular weight excluding hydrogens is 208 g/mol. The number of nitrogens with one attached hydrogen (secondary N) is 1. The van der Waals surface area contributed by atoms with Crippen LogP contribution in [0.2, 0.25) is 0 Å². The van der Waals surface area contributed by atoms with Crippen molar-refractivity contribution in [3.05, 3.63) is 27.4 Å². The molecule has 90 valence electrons. The highest BCUT2D eigenvalue weighted by Gasteiger charge is 2.07. The van der Waals surface area contributed by atoms with Crippen LogP contribution in [0.3, 0.4) is 0 Å². The number of aromatic amines is 1. The lowest BCUT2D eigenvalue weighted by molar-refractivity contribution is 0.115. The van der Waals surface area contributed by atoms with E-state index >= 15 is 0 Å². The van der Waals surface area contributed by atoms with Crippen LogP contribution in [0.15, 0.2) is 4.79 Å². The molecule has 0 aliphatic carbocycles. The number of nitrogens with zero attached hydrogens (tertiary/aromatic N) is 1. The van der Waals surface area contributed by atoms with Crippen molar-refractivity contribution in [2.75, 3.05) is 13.2 Å². The summed E-state index contributed by atoms with van der Waals surface area (Å²) in [5, 5.41) is 8.81. The number of aliphatic hydroxyl groups excluding tert-OH is 1. The summed E-state index contributed by atoms with van der Waals surface area (Å²) in [5.41, 5.74) is 1.02. The molecule has 0 aliphatic rings. The van der Waals surface area contributed by atoms with Crippen molar-refractivity contribution < 1.29 is 9.84 Å². The van der Waals surface area contributed by atoms with Crippen molar-refractivity contribution in [3.8, 4) is 0 Å². The summed E-state index contributed by atoms with van der Waals surface area (Å²) in [4.78, 5) is 18.5. The van der Waals surface area contributed by atoms with E-state index in [-0.39, 0.29) is 12.2 Å². The number of aliphatic hydroxyl groups is 1. The molecule has 0 aliphatic heterocycles. The third kappa shape index (κ3) is 3.43. The smallest absolute Gasteiger partial charge is 0.254 e. The first kappa shape index (κ1) is 12.9. The number of H-pyrrole nitrogens is 1. The molecule has 0 saturated carbocycles. The summed E-state index contributed by atoms with van der Waals surface area (Å²) >= 11 is 0. The first-order valence-electron chi connectivity index (χ1n) is 5.46. The molecule has 0 atom stereocenters. The monoisotopic (exact) mass is 226 g/mol. The van der Waals surface area contributed by atoms with E-state index in [4.69, 9.17) is 9.84 Å². The highest BCUT2D eigenvalue weighted by atomic mass is 16.5. The SMILES string of the molecule is CCCOCc1nc(C)c(CCO)c(=O)[nH]1. The summed E-state index contributed by atoms with van der Waals surface area (Å²) in [6, 6.07) is 0. The van der Waals surface area contributed by atoms with E-state index in [9.17, 15) is 4.79 Å². The third-order valence-corrected chi connectivity index (χ3v) is 2.22. The standard InChI is InChI=1S/C11H18N2O3/c1-3-6-16-7-10-12-8(2)9(4-5-14)11(15)13-10/h14H,3-7H2,1-2H3,(H,12,13,15). The Morgan fingerprint density at radius 2 is 2.25 bits per heavy atom. The highest BCUT2D eigenvalue weighted by Crippen LogP contribution is 2.01. The molecule has 0 saturated heterocycles. The molecule has 0 radical (unpaired) electrons. The van der Waals surface area contributed by atoms with Crippen LogP contribution < -0.4 is 5.56 Å². The van der Waals surface area contributed by atoms with Gasteiger partial charge < -0.3 is 14.8 Å². The Balaban J connectivity index is 2.79. The largest absolute Gasteiger partial charge is 0.396 e. The topological polar surface area (TPSA) is 75.2 Å². The zero-order chi connectivity index (χ0) is 12.0. The van der Waals surface area contributed by atoms with Gasteiger partial charge in [0, 0.05) is 30.9 Å². The van der Waals surface area contributed by atoms with Gasteiger partial charge in [0.2, 0.25) is 0 Å². The van der Waals surface area contributed by atoms with Gasteiger partial charge >= 0.3 is 0 Å². The number of hydrogen-bond donors (Lipinski definition) is 2. The van der Waals surface area contributed by atoms with E-state index in [0.29, 0.717) is 36.7 Å². The Hall–Kier alpha value is -1.20. The normalized spacial score (nSPS) is 10.7. The summed E-state index contributed by atoms with van der Waals surface area (Å²) in [7, 11) is 0. The minimum atomic E-state index is -0.184. The lowest BCUT2D eigenvalue weighted by Crippen LogP contribution is -2.20. The Morgan fingerprint density at radius 1 is 1.50 bits per heavy atom. The van der Waals surface area contributed by atoms with Crippen LogP contribution in [-0.4, -0.2) is 28.3 Å². The van der Waals surface area contributed by atoms with Crippen LogP contribution in [0.4, 0.5) is 0 Å². The molecule has 1 rings (SSSR count).